The van der Waals surface area contributed by atoms with Crippen LogP contribution in [-0.2, 0) is 44.2 Å². The van der Waals surface area contributed by atoms with Crippen LogP contribution < -0.4 is 10.2 Å². The average molecular weight is 703 g/mol. The number of nitrogens with one attached hydrogen (secondary N) is 1. The van der Waals surface area contributed by atoms with Gasteiger partial charge in [-0.1, -0.05) is 43.3 Å². The van der Waals surface area contributed by atoms with E-state index in [-0.39, 0.29) is 31.2 Å². The lowest BCUT2D eigenvalue weighted by molar-refractivity contribution is -0.385. The summed E-state index contributed by atoms with van der Waals surface area (Å²) in [5, 5.41) is 34.3. The number of aliphatic hydroxyl groups is 2. The first-order valence-electron chi connectivity index (χ1n) is 16.7. The molecule has 0 unspecified atom stereocenters. The van der Waals surface area contributed by atoms with Crippen molar-refractivity contribution >= 4 is 43.1 Å². The van der Waals surface area contributed by atoms with Crippen LogP contribution in [0.25, 0.3) is 0 Å². The average Bonchev–Trinajstić information content (AvgIpc) is 3.50. The summed E-state index contributed by atoms with van der Waals surface area (Å²) < 4.78 is 6.77. The zero-order valence-electron chi connectivity index (χ0n) is 28.4. The van der Waals surface area contributed by atoms with Gasteiger partial charge in [-0.05, 0) is 61.3 Å². The van der Waals surface area contributed by atoms with Crippen molar-refractivity contribution in [1.82, 2.24) is 4.90 Å². The summed E-state index contributed by atoms with van der Waals surface area (Å²) >= 11 is 0. The van der Waals surface area contributed by atoms with Crippen LogP contribution in [0.3, 0.4) is 0 Å². The third-order valence-corrected chi connectivity index (χ3v) is 12.9. The van der Waals surface area contributed by atoms with Gasteiger partial charge in [0.1, 0.15) is 6.10 Å². The maximum absolute atomic E-state index is 14.8. The number of carbonyl (C=O) groups is 3. The standard InChI is InChI=1S/C36H42N4O9Si/c1-21-33(50(3,4)48)31(17-32(43)38-19-25-8-6-5-7-24(25)15-28(38)20-41)49-36(21)29-16-27(40(46)47)13-14-30(29)39(35(36)45)18-23-9-11-26(12-10-23)37-34(44)22(2)42/h5-14,16,21-22,28,31,33,41-42,48H,15,17-20H2,1-4H3,(H,37,44)/t21-,22-,28-,31+,33-,36+/m0/s1. The molecule has 0 aliphatic carbocycles. The number of benzene rings is 3. The van der Waals surface area contributed by atoms with Crippen LogP contribution in [0.15, 0.2) is 66.7 Å². The number of ether oxygens (including phenoxy) is 1. The van der Waals surface area contributed by atoms with E-state index >= 15 is 0 Å². The third kappa shape index (κ3) is 6.22. The Bertz CT molecular complexity index is 1830. The number of hydrogen-bond acceptors (Lipinski definition) is 9. The SMILES string of the molecule is C[C@H](O)C(=O)Nc1ccc(CN2C(=O)[C@]3(O[C@H](CC(=O)N4Cc5ccccc5C[C@H]4CO)[C@@H]([Si](C)(C)O)[C@@H]3C)c3cc([N+](=O)[O-])ccc32)cc1. The van der Waals surface area contributed by atoms with Gasteiger partial charge in [0.05, 0.1) is 42.3 Å². The Balaban J connectivity index is 1.34. The van der Waals surface area contributed by atoms with Crippen LogP contribution in [0.2, 0.25) is 18.6 Å². The molecule has 6 atom stereocenters. The second-order valence-corrected chi connectivity index (χ2v) is 18.1. The zero-order valence-corrected chi connectivity index (χ0v) is 29.4. The van der Waals surface area contributed by atoms with Crippen LogP contribution in [0.5, 0.6) is 0 Å². The highest BCUT2D eigenvalue weighted by atomic mass is 28.4. The Labute approximate surface area is 290 Å². The molecule has 6 rings (SSSR count). The second kappa shape index (κ2) is 13.3. The Morgan fingerprint density at radius 2 is 1.80 bits per heavy atom. The fourth-order valence-electron chi connectivity index (χ4n) is 7.99. The van der Waals surface area contributed by atoms with Gasteiger partial charge in [-0.3, -0.25) is 24.5 Å². The smallest absolute Gasteiger partial charge is 0.269 e. The number of nitro groups is 1. The molecule has 0 saturated carbocycles. The third-order valence-electron chi connectivity index (χ3n) is 10.4. The van der Waals surface area contributed by atoms with E-state index in [1.165, 1.54) is 30.0 Å². The van der Waals surface area contributed by atoms with Crippen LogP contribution >= 0.6 is 0 Å². The van der Waals surface area contributed by atoms with E-state index in [1.807, 2.05) is 24.3 Å². The summed E-state index contributed by atoms with van der Waals surface area (Å²) in [6, 6.07) is 18.3. The molecular weight excluding hydrogens is 661 g/mol. The normalized spacial score (nSPS) is 25.0. The lowest BCUT2D eigenvalue weighted by Gasteiger charge is -2.37. The lowest BCUT2D eigenvalue weighted by Crippen LogP contribution is -2.48. The molecule has 50 heavy (non-hydrogen) atoms. The molecule has 264 valence electrons. The van der Waals surface area contributed by atoms with Crippen LogP contribution in [-0.4, -0.2) is 75.7 Å². The molecule has 3 aromatic carbocycles. The van der Waals surface area contributed by atoms with Crippen molar-refractivity contribution in [3.05, 3.63) is 99.1 Å². The number of hydrogen-bond donors (Lipinski definition) is 4. The summed E-state index contributed by atoms with van der Waals surface area (Å²) in [5.74, 6) is -1.95. The minimum Gasteiger partial charge on any atom is -0.432 e. The first-order chi connectivity index (χ1) is 23.6. The number of anilines is 2. The summed E-state index contributed by atoms with van der Waals surface area (Å²) in [5.41, 5.74) is 1.41. The molecule has 3 aromatic rings. The van der Waals surface area contributed by atoms with E-state index in [0.717, 1.165) is 11.1 Å². The van der Waals surface area contributed by atoms with Gasteiger partial charge in [0, 0.05) is 41.4 Å². The predicted octanol–water partition coefficient (Wildman–Crippen LogP) is 3.59. The molecule has 1 fully saturated rings. The van der Waals surface area contributed by atoms with Crippen molar-refractivity contribution in [2.45, 2.75) is 82.3 Å². The van der Waals surface area contributed by atoms with E-state index in [2.05, 4.69) is 5.32 Å². The second-order valence-electron chi connectivity index (χ2n) is 14.1. The number of aliphatic hydroxyl groups excluding tert-OH is 2. The van der Waals surface area contributed by atoms with Crippen molar-refractivity contribution in [3.8, 4) is 0 Å². The maximum Gasteiger partial charge on any atom is 0.269 e. The highest BCUT2D eigenvalue weighted by molar-refractivity contribution is 6.71. The van der Waals surface area contributed by atoms with Gasteiger partial charge in [0.2, 0.25) is 5.91 Å². The molecule has 1 saturated heterocycles. The van der Waals surface area contributed by atoms with E-state index in [0.29, 0.717) is 35.5 Å². The van der Waals surface area contributed by atoms with Gasteiger partial charge in [-0.2, -0.15) is 0 Å². The Morgan fingerprint density at radius 3 is 2.42 bits per heavy atom. The Morgan fingerprint density at radius 1 is 1.12 bits per heavy atom. The van der Waals surface area contributed by atoms with Crippen molar-refractivity contribution in [3.63, 3.8) is 0 Å². The Kier molecular flexibility index (Phi) is 9.43. The fourth-order valence-corrected chi connectivity index (χ4v) is 10.5. The molecule has 1 spiro atoms. The minimum atomic E-state index is -3.16. The van der Waals surface area contributed by atoms with E-state index < -0.39 is 60.4 Å². The molecular formula is C36H42N4O9Si. The van der Waals surface area contributed by atoms with Crippen molar-refractivity contribution in [1.29, 1.82) is 0 Å². The zero-order chi connectivity index (χ0) is 36.1. The van der Waals surface area contributed by atoms with E-state index in [4.69, 9.17) is 4.74 Å². The molecule has 4 N–H and O–H groups in total. The monoisotopic (exact) mass is 702 g/mol. The van der Waals surface area contributed by atoms with Crippen LogP contribution in [0.1, 0.15) is 42.5 Å². The molecule has 3 aliphatic heterocycles. The molecule has 3 amide bonds. The summed E-state index contributed by atoms with van der Waals surface area (Å²) in [4.78, 5) is 67.0. The molecule has 0 aromatic heterocycles. The summed E-state index contributed by atoms with van der Waals surface area (Å²) in [7, 11) is -3.16. The number of nitrogens with zero attached hydrogens (tertiary/aromatic N) is 3. The van der Waals surface area contributed by atoms with Crippen LogP contribution in [0.4, 0.5) is 17.1 Å². The highest BCUT2D eigenvalue weighted by Crippen LogP contribution is 2.60. The number of nitro benzene ring substituents is 1. The maximum atomic E-state index is 14.8. The van der Waals surface area contributed by atoms with Crippen molar-refractivity contribution in [2.75, 3.05) is 16.8 Å². The number of amides is 3. The van der Waals surface area contributed by atoms with Gasteiger partial charge < -0.3 is 34.9 Å². The topological polar surface area (TPSA) is 183 Å². The van der Waals surface area contributed by atoms with Crippen molar-refractivity contribution in [2.24, 2.45) is 5.92 Å². The minimum absolute atomic E-state index is 0.0751. The number of non-ortho nitro benzene ring substituents is 1. The molecule has 0 radical (unpaired) electrons. The lowest BCUT2D eigenvalue weighted by atomic mass is 9.82. The summed E-state index contributed by atoms with van der Waals surface area (Å²) in [6.07, 6.45) is -1.73. The Hall–Kier alpha value is -4.47. The number of rotatable bonds is 9. The largest absolute Gasteiger partial charge is 0.432 e. The molecule has 14 heteroatoms. The number of fused-ring (bicyclic) bond motifs is 3. The fraction of sp³-hybridized carbons (Fsp3) is 0.417. The molecule has 0 bridgehead atoms. The van der Waals surface area contributed by atoms with Crippen molar-refractivity contribution < 1.29 is 39.1 Å². The molecule has 13 nitrogen and oxygen atoms in total. The van der Waals surface area contributed by atoms with Gasteiger partial charge in [0.25, 0.3) is 17.5 Å². The van der Waals surface area contributed by atoms with Gasteiger partial charge in [-0.25, -0.2) is 0 Å². The van der Waals surface area contributed by atoms with Gasteiger partial charge in [-0.15, -0.1) is 0 Å². The highest BCUT2D eigenvalue weighted by Gasteiger charge is 2.66. The quantitative estimate of drug-likeness (QED) is 0.147. The van der Waals surface area contributed by atoms with Gasteiger partial charge in [0.15, 0.2) is 13.9 Å². The van der Waals surface area contributed by atoms with E-state index in [9.17, 15) is 39.5 Å². The molecule has 3 heterocycles. The first kappa shape index (κ1) is 35.4. The first-order valence-corrected chi connectivity index (χ1v) is 19.7. The van der Waals surface area contributed by atoms with E-state index in [1.54, 1.807) is 49.2 Å². The summed E-state index contributed by atoms with van der Waals surface area (Å²) in [6.45, 7) is 6.80. The van der Waals surface area contributed by atoms with Gasteiger partial charge >= 0.3 is 0 Å². The van der Waals surface area contributed by atoms with Crippen LogP contribution in [0, 0.1) is 16.0 Å². The molecule has 3 aliphatic rings. The number of carbonyl (C=O) groups excluding carboxylic acids is 3. The predicted molar refractivity (Wildman–Crippen MR) is 186 cm³/mol.